The van der Waals surface area contributed by atoms with Crippen LogP contribution in [0.2, 0.25) is 0 Å². The van der Waals surface area contributed by atoms with Crippen molar-refractivity contribution in [3.63, 3.8) is 0 Å². The number of fused-ring (bicyclic) bond motifs is 1. The molecule has 2 rings (SSSR count). The molecule has 0 spiro atoms. The quantitative estimate of drug-likeness (QED) is 0.811. The Morgan fingerprint density at radius 2 is 1.74 bits per heavy atom. The van der Waals surface area contributed by atoms with Gasteiger partial charge in [0.1, 0.15) is 0 Å². The van der Waals surface area contributed by atoms with Gasteiger partial charge in [-0.05, 0) is 37.1 Å². The number of hydrogen-bond donors (Lipinski definition) is 1. The van der Waals surface area contributed by atoms with Crippen molar-refractivity contribution in [1.82, 2.24) is 4.90 Å². The summed E-state index contributed by atoms with van der Waals surface area (Å²) in [5.74, 6) is 0. The molecule has 1 aromatic rings. The van der Waals surface area contributed by atoms with Gasteiger partial charge < -0.3 is 5.11 Å². The molecule has 0 radical (unpaired) electrons. The van der Waals surface area contributed by atoms with E-state index >= 15 is 0 Å². The van der Waals surface area contributed by atoms with E-state index in [1.807, 2.05) is 0 Å². The van der Waals surface area contributed by atoms with E-state index in [2.05, 4.69) is 43.0 Å². The monoisotopic (exact) mass is 261 g/mol. The fraction of sp³-hybridized carbons (Fsp3) is 0.647. The average Bonchev–Trinajstić information content (AvgIpc) is 2.75. The molecule has 0 saturated heterocycles. The third-order valence-electron chi connectivity index (χ3n) is 4.16. The van der Waals surface area contributed by atoms with Crippen LogP contribution in [0, 0.1) is 0 Å². The Labute approximate surface area is 117 Å². The normalized spacial score (nSPS) is 21.9. The molecule has 2 nitrogen and oxygen atoms in total. The van der Waals surface area contributed by atoms with E-state index in [4.69, 9.17) is 0 Å². The summed E-state index contributed by atoms with van der Waals surface area (Å²) in [6.45, 7) is 6.67. The van der Waals surface area contributed by atoms with Crippen molar-refractivity contribution in [3.8, 4) is 0 Å². The first-order valence-corrected chi connectivity index (χ1v) is 7.77. The lowest BCUT2D eigenvalue weighted by Crippen LogP contribution is -2.35. The highest BCUT2D eigenvalue weighted by atomic mass is 16.3. The Morgan fingerprint density at radius 1 is 1.11 bits per heavy atom. The molecular weight excluding hydrogens is 234 g/mol. The zero-order valence-electron chi connectivity index (χ0n) is 12.3. The Bertz CT molecular complexity index is 383. The summed E-state index contributed by atoms with van der Waals surface area (Å²) in [5.41, 5.74) is 2.68. The lowest BCUT2D eigenvalue weighted by atomic mass is 10.0. The van der Waals surface area contributed by atoms with Crippen LogP contribution in [0.4, 0.5) is 0 Å². The number of benzene rings is 1. The van der Waals surface area contributed by atoms with E-state index in [0.717, 1.165) is 19.5 Å². The highest BCUT2D eigenvalue weighted by Gasteiger charge is 2.34. The summed E-state index contributed by atoms with van der Waals surface area (Å²) < 4.78 is 0. The Balaban J connectivity index is 2.15. The molecule has 0 amide bonds. The van der Waals surface area contributed by atoms with E-state index < -0.39 is 0 Å². The summed E-state index contributed by atoms with van der Waals surface area (Å²) in [6.07, 6.45) is 5.45. The van der Waals surface area contributed by atoms with E-state index in [-0.39, 0.29) is 12.1 Å². The summed E-state index contributed by atoms with van der Waals surface area (Å²) in [5, 5.41) is 10.4. The standard InChI is InChI=1S/C17H27NO/c1-3-5-11-18(12-6-4-2)17-15-10-8-7-9-14(15)13-16(17)19/h7-10,16-17,19H,3-6,11-13H2,1-2H3/t16-,17+/m0/s1. The zero-order valence-corrected chi connectivity index (χ0v) is 12.3. The Morgan fingerprint density at radius 3 is 2.37 bits per heavy atom. The molecule has 19 heavy (non-hydrogen) atoms. The number of rotatable bonds is 7. The predicted molar refractivity (Wildman–Crippen MR) is 80.3 cm³/mol. The molecule has 0 aromatic heterocycles. The molecule has 2 atom stereocenters. The molecule has 0 saturated carbocycles. The lowest BCUT2D eigenvalue weighted by Gasteiger charge is -2.31. The van der Waals surface area contributed by atoms with Crippen molar-refractivity contribution in [1.29, 1.82) is 0 Å². The van der Waals surface area contributed by atoms with Gasteiger partial charge in [0.05, 0.1) is 12.1 Å². The van der Waals surface area contributed by atoms with Crippen molar-refractivity contribution in [2.45, 2.75) is 58.1 Å². The number of unbranched alkanes of at least 4 members (excludes halogenated alkanes) is 2. The van der Waals surface area contributed by atoms with Crippen molar-refractivity contribution in [2.24, 2.45) is 0 Å². The molecule has 1 aromatic carbocycles. The number of aliphatic hydroxyl groups excluding tert-OH is 1. The highest BCUT2D eigenvalue weighted by Crippen LogP contribution is 2.36. The van der Waals surface area contributed by atoms with Gasteiger partial charge in [0.15, 0.2) is 0 Å². The predicted octanol–water partition coefficient (Wildman–Crippen LogP) is 3.55. The topological polar surface area (TPSA) is 23.5 Å². The van der Waals surface area contributed by atoms with E-state index in [9.17, 15) is 5.11 Å². The van der Waals surface area contributed by atoms with E-state index in [1.165, 1.54) is 36.8 Å². The summed E-state index contributed by atoms with van der Waals surface area (Å²) >= 11 is 0. The zero-order chi connectivity index (χ0) is 13.7. The molecule has 1 aliphatic carbocycles. The summed E-state index contributed by atoms with van der Waals surface area (Å²) in [7, 11) is 0. The largest absolute Gasteiger partial charge is 0.391 e. The van der Waals surface area contributed by atoms with Crippen molar-refractivity contribution in [3.05, 3.63) is 35.4 Å². The molecule has 0 aliphatic heterocycles. The third kappa shape index (κ3) is 3.37. The first kappa shape index (κ1) is 14.5. The van der Waals surface area contributed by atoms with Gasteiger partial charge in [0.25, 0.3) is 0 Å². The van der Waals surface area contributed by atoms with Crippen LogP contribution in [0.3, 0.4) is 0 Å². The van der Waals surface area contributed by atoms with Gasteiger partial charge in [0.2, 0.25) is 0 Å². The maximum atomic E-state index is 10.4. The molecule has 0 bridgehead atoms. The van der Waals surface area contributed by atoms with Crippen LogP contribution in [0.5, 0.6) is 0 Å². The minimum absolute atomic E-state index is 0.217. The van der Waals surface area contributed by atoms with Gasteiger partial charge in [-0.3, -0.25) is 4.90 Å². The maximum absolute atomic E-state index is 10.4. The maximum Gasteiger partial charge on any atom is 0.0777 e. The molecule has 0 unspecified atom stereocenters. The van der Waals surface area contributed by atoms with Crippen molar-refractivity contribution < 1.29 is 5.11 Å². The second kappa shape index (κ2) is 7.06. The van der Waals surface area contributed by atoms with Crippen LogP contribution in [-0.4, -0.2) is 29.2 Å². The average molecular weight is 261 g/mol. The van der Waals surface area contributed by atoms with Crippen molar-refractivity contribution in [2.75, 3.05) is 13.1 Å². The van der Waals surface area contributed by atoms with Crippen LogP contribution in [0.15, 0.2) is 24.3 Å². The molecule has 0 fully saturated rings. The lowest BCUT2D eigenvalue weighted by molar-refractivity contribution is 0.0590. The van der Waals surface area contributed by atoms with Crippen LogP contribution in [-0.2, 0) is 6.42 Å². The van der Waals surface area contributed by atoms with Crippen LogP contribution in [0.1, 0.15) is 56.7 Å². The Hall–Kier alpha value is -0.860. The van der Waals surface area contributed by atoms with Gasteiger partial charge >= 0.3 is 0 Å². The molecule has 2 heteroatoms. The smallest absolute Gasteiger partial charge is 0.0777 e. The van der Waals surface area contributed by atoms with Crippen LogP contribution < -0.4 is 0 Å². The highest BCUT2D eigenvalue weighted by molar-refractivity contribution is 5.36. The van der Waals surface area contributed by atoms with Gasteiger partial charge in [-0.1, -0.05) is 51.0 Å². The third-order valence-corrected chi connectivity index (χ3v) is 4.16. The summed E-state index contributed by atoms with van der Waals surface area (Å²) in [6, 6.07) is 8.75. The molecule has 106 valence electrons. The van der Waals surface area contributed by atoms with Crippen LogP contribution >= 0.6 is 0 Å². The van der Waals surface area contributed by atoms with E-state index in [0.29, 0.717) is 0 Å². The molecular formula is C17H27NO. The molecule has 1 aliphatic rings. The van der Waals surface area contributed by atoms with Gasteiger partial charge in [0, 0.05) is 6.42 Å². The minimum Gasteiger partial charge on any atom is -0.391 e. The SMILES string of the molecule is CCCCN(CCCC)[C@@H]1c2ccccc2C[C@@H]1O. The first-order chi connectivity index (χ1) is 9.27. The Kier molecular flexibility index (Phi) is 5.41. The molecule has 0 heterocycles. The fourth-order valence-electron chi connectivity index (χ4n) is 3.11. The van der Waals surface area contributed by atoms with Gasteiger partial charge in [-0.2, -0.15) is 0 Å². The van der Waals surface area contributed by atoms with Gasteiger partial charge in [-0.15, -0.1) is 0 Å². The van der Waals surface area contributed by atoms with Gasteiger partial charge in [-0.25, -0.2) is 0 Å². The minimum atomic E-state index is -0.230. The number of nitrogens with zero attached hydrogens (tertiary/aromatic N) is 1. The number of aliphatic hydroxyl groups is 1. The second-order valence-corrected chi connectivity index (χ2v) is 5.66. The summed E-state index contributed by atoms with van der Waals surface area (Å²) in [4.78, 5) is 2.50. The fourth-order valence-corrected chi connectivity index (χ4v) is 3.11. The molecule has 1 N–H and O–H groups in total. The van der Waals surface area contributed by atoms with Crippen molar-refractivity contribution >= 4 is 0 Å². The van der Waals surface area contributed by atoms with E-state index in [1.54, 1.807) is 0 Å². The second-order valence-electron chi connectivity index (χ2n) is 5.66. The number of hydrogen-bond acceptors (Lipinski definition) is 2. The van der Waals surface area contributed by atoms with Crippen LogP contribution in [0.25, 0.3) is 0 Å². The first-order valence-electron chi connectivity index (χ1n) is 7.77.